The van der Waals surface area contributed by atoms with Crippen molar-refractivity contribution in [2.45, 2.75) is 25.3 Å². The number of carbonyl (C=O) groups is 3. The fourth-order valence-corrected chi connectivity index (χ4v) is 1.63. The van der Waals surface area contributed by atoms with Crippen molar-refractivity contribution < 1.29 is 19.5 Å². The number of hydrogen-bond acceptors (Lipinski definition) is 3. The summed E-state index contributed by atoms with van der Waals surface area (Å²) in [5.74, 6) is -1.40. The summed E-state index contributed by atoms with van der Waals surface area (Å²) >= 11 is 0. The van der Waals surface area contributed by atoms with E-state index in [2.05, 4.69) is 5.32 Å². The Bertz CT molecular complexity index is 261. The maximum Gasteiger partial charge on any atom is 0.305 e. The Morgan fingerprint density at radius 2 is 2.00 bits per heavy atom. The van der Waals surface area contributed by atoms with Crippen LogP contribution in [0.4, 0.5) is 0 Å². The van der Waals surface area contributed by atoms with E-state index in [1.54, 1.807) is 4.90 Å². The molecule has 6 nitrogen and oxygen atoms in total. The van der Waals surface area contributed by atoms with Crippen LogP contribution in [0.3, 0.4) is 0 Å². The summed E-state index contributed by atoms with van der Waals surface area (Å²) < 4.78 is 0. The van der Waals surface area contributed by atoms with Crippen LogP contribution in [0.5, 0.6) is 0 Å². The molecule has 15 heavy (non-hydrogen) atoms. The van der Waals surface area contributed by atoms with Gasteiger partial charge in [-0.2, -0.15) is 0 Å². The Kier molecular flexibility index (Phi) is 4.08. The van der Waals surface area contributed by atoms with E-state index in [0.29, 0.717) is 19.5 Å². The van der Waals surface area contributed by atoms with Gasteiger partial charge < -0.3 is 15.3 Å². The summed E-state index contributed by atoms with van der Waals surface area (Å²) in [4.78, 5) is 34.0. The third kappa shape index (κ3) is 3.23. The van der Waals surface area contributed by atoms with Crippen LogP contribution in [-0.2, 0) is 14.4 Å². The highest BCUT2D eigenvalue weighted by Gasteiger charge is 2.27. The van der Waals surface area contributed by atoms with Gasteiger partial charge >= 0.3 is 5.97 Å². The van der Waals surface area contributed by atoms with Crippen molar-refractivity contribution in [3.63, 3.8) is 0 Å². The number of carboxylic acids is 1. The SMILES string of the molecule is O=CN[C@@H](CC(=O)O)C(=O)N1CCCC1. The molecule has 0 aliphatic carbocycles. The zero-order chi connectivity index (χ0) is 11.3. The predicted octanol–water partition coefficient (Wildman–Crippen LogP) is -0.802. The Morgan fingerprint density at radius 1 is 1.40 bits per heavy atom. The Balaban J connectivity index is 2.56. The Hall–Kier alpha value is -1.59. The minimum Gasteiger partial charge on any atom is -0.481 e. The first-order chi connectivity index (χ1) is 7.15. The van der Waals surface area contributed by atoms with Gasteiger partial charge in [0, 0.05) is 13.1 Å². The molecule has 1 aliphatic rings. The van der Waals surface area contributed by atoms with E-state index >= 15 is 0 Å². The molecular formula is C9H14N2O4. The van der Waals surface area contributed by atoms with Crippen molar-refractivity contribution in [2.75, 3.05) is 13.1 Å². The van der Waals surface area contributed by atoms with Crippen molar-refractivity contribution in [1.82, 2.24) is 10.2 Å². The topological polar surface area (TPSA) is 86.7 Å². The minimum absolute atomic E-state index is 0.304. The van der Waals surface area contributed by atoms with E-state index in [4.69, 9.17) is 5.11 Å². The molecule has 1 saturated heterocycles. The molecule has 1 aliphatic heterocycles. The third-order valence-electron chi connectivity index (χ3n) is 2.36. The normalized spacial score (nSPS) is 17.2. The van der Waals surface area contributed by atoms with Crippen molar-refractivity contribution in [3.8, 4) is 0 Å². The average Bonchev–Trinajstić information content (AvgIpc) is 2.68. The number of hydrogen-bond donors (Lipinski definition) is 2. The van der Waals surface area contributed by atoms with Gasteiger partial charge in [0.25, 0.3) is 0 Å². The quantitative estimate of drug-likeness (QED) is 0.586. The van der Waals surface area contributed by atoms with Gasteiger partial charge in [0.1, 0.15) is 6.04 Å². The number of nitrogens with one attached hydrogen (secondary N) is 1. The molecule has 0 saturated carbocycles. The van der Waals surface area contributed by atoms with Gasteiger partial charge in [0.2, 0.25) is 12.3 Å². The molecule has 0 aromatic heterocycles. The van der Waals surface area contributed by atoms with E-state index in [9.17, 15) is 14.4 Å². The first-order valence-corrected chi connectivity index (χ1v) is 4.85. The molecule has 0 aromatic rings. The van der Waals surface area contributed by atoms with Crippen LogP contribution in [-0.4, -0.2) is 47.4 Å². The molecular weight excluding hydrogens is 200 g/mol. The van der Waals surface area contributed by atoms with Gasteiger partial charge in [-0.15, -0.1) is 0 Å². The van der Waals surface area contributed by atoms with Gasteiger partial charge in [-0.3, -0.25) is 14.4 Å². The lowest BCUT2D eigenvalue weighted by molar-refractivity contribution is -0.142. The van der Waals surface area contributed by atoms with E-state index in [1.807, 2.05) is 0 Å². The highest BCUT2D eigenvalue weighted by Crippen LogP contribution is 2.10. The minimum atomic E-state index is -1.10. The Labute approximate surface area is 87.2 Å². The summed E-state index contributed by atoms with van der Waals surface area (Å²) in [5, 5.41) is 10.8. The second kappa shape index (κ2) is 5.33. The maximum atomic E-state index is 11.7. The predicted molar refractivity (Wildman–Crippen MR) is 51.1 cm³/mol. The van der Waals surface area contributed by atoms with Crippen LogP contribution >= 0.6 is 0 Å². The standard InChI is InChI=1S/C9H14N2O4/c12-6-10-7(5-8(13)14)9(15)11-3-1-2-4-11/h6-7H,1-5H2,(H,10,12)(H,13,14)/t7-/m0/s1. The van der Waals surface area contributed by atoms with Crippen LogP contribution in [0.2, 0.25) is 0 Å². The first kappa shape index (κ1) is 11.5. The van der Waals surface area contributed by atoms with E-state index < -0.39 is 12.0 Å². The molecule has 2 N–H and O–H groups in total. The third-order valence-corrected chi connectivity index (χ3v) is 2.36. The monoisotopic (exact) mass is 214 g/mol. The highest BCUT2D eigenvalue weighted by molar-refractivity contribution is 5.87. The molecule has 1 atom stereocenters. The number of nitrogens with zero attached hydrogens (tertiary/aromatic N) is 1. The van der Waals surface area contributed by atoms with Crippen molar-refractivity contribution >= 4 is 18.3 Å². The van der Waals surface area contributed by atoms with Crippen molar-refractivity contribution in [2.24, 2.45) is 0 Å². The van der Waals surface area contributed by atoms with Crippen molar-refractivity contribution in [1.29, 1.82) is 0 Å². The largest absolute Gasteiger partial charge is 0.481 e. The number of likely N-dealkylation sites (tertiary alicyclic amines) is 1. The highest BCUT2D eigenvalue weighted by atomic mass is 16.4. The fourth-order valence-electron chi connectivity index (χ4n) is 1.63. The molecule has 0 bridgehead atoms. The zero-order valence-electron chi connectivity index (χ0n) is 8.31. The molecule has 2 amide bonds. The van der Waals surface area contributed by atoms with Gasteiger partial charge in [-0.25, -0.2) is 0 Å². The molecule has 0 radical (unpaired) electrons. The first-order valence-electron chi connectivity index (χ1n) is 4.85. The molecule has 84 valence electrons. The second-order valence-corrected chi connectivity index (χ2v) is 3.47. The van der Waals surface area contributed by atoms with Gasteiger partial charge in [0.15, 0.2) is 0 Å². The smallest absolute Gasteiger partial charge is 0.305 e. The van der Waals surface area contributed by atoms with Gasteiger partial charge in [-0.1, -0.05) is 0 Å². The number of aliphatic carboxylic acids is 1. The number of carbonyl (C=O) groups excluding carboxylic acids is 2. The fraction of sp³-hybridized carbons (Fsp3) is 0.667. The molecule has 1 rings (SSSR count). The molecule has 0 unspecified atom stereocenters. The lowest BCUT2D eigenvalue weighted by atomic mass is 10.2. The zero-order valence-corrected chi connectivity index (χ0v) is 8.31. The van der Waals surface area contributed by atoms with Crippen molar-refractivity contribution in [3.05, 3.63) is 0 Å². The van der Waals surface area contributed by atoms with Gasteiger partial charge in [0.05, 0.1) is 6.42 Å². The molecule has 1 fully saturated rings. The Morgan fingerprint density at radius 3 is 2.47 bits per heavy atom. The summed E-state index contributed by atoms with van der Waals surface area (Å²) in [6, 6.07) is -0.932. The molecule has 6 heteroatoms. The average molecular weight is 214 g/mol. The summed E-state index contributed by atoms with van der Waals surface area (Å²) in [6.45, 7) is 1.30. The molecule has 1 heterocycles. The van der Waals surface area contributed by atoms with Gasteiger partial charge in [-0.05, 0) is 12.8 Å². The van der Waals surface area contributed by atoms with Crippen LogP contribution in [0, 0.1) is 0 Å². The number of amides is 2. The van der Waals surface area contributed by atoms with E-state index in [-0.39, 0.29) is 12.3 Å². The second-order valence-electron chi connectivity index (χ2n) is 3.47. The van der Waals surface area contributed by atoms with Crippen LogP contribution < -0.4 is 5.32 Å². The number of carboxylic acid groups (broad SMARTS) is 1. The van der Waals surface area contributed by atoms with Crippen LogP contribution in [0.1, 0.15) is 19.3 Å². The summed E-state index contributed by atoms with van der Waals surface area (Å²) in [5.41, 5.74) is 0. The summed E-state index contributed by atoms with van der Waals surface area (Å²) in [6.07, 6.45) is 1.87. The maximum absolute atomic E-state index is 11.7. The number of rotatable bonds is 5. The van der Waals surface area contributed by atoms with Crippen LogP contribution in [0.15, 0.2) is 0 Å². The lowest BCUT2D eigenvalue weighted by Crippen LogP contribution is -2.46. The lowest BCUT2D eigenvalue weighted by Gasteiger charge is -2.21. The van der Waals surface area contributed by atoms with E-state index in [0.717, 1.165) is 12.8 Å². The van der Waals surface area contributed by atoms with Crippen LogP contribution in [0.25, 0.3) is 0 Å². The molecule has 0 aromatic carbocycles. The van der Waals surface area contributed by atoms with E-state index in [1.165, 1.54) is 0 Å². The molecule has 0 spiro atoms. The summed E-state index contributed by atoms with van der Waals surface area (Å²) in [7, 11) is 0.